The van der Waals surface area contributed by atoms with E-state index >= 15 is 0 Å². The van der Waals surface area contributed by atoms with E-state index in [0.29, 0.717) is 13.2 Å². The van der Waals surface area contributed by atoms with Crippen LogP contribution in [-0.4, -0.2) is 44.6 Å². The number of nitrogens with zero attached hydrogens (tertiary/aromatic N) is 1. The highest BCUT2D eigenvalue weighted by Gasteiger charge is 2.09. The summed E-state index contributed by atoms with van der Waals surface area (Å²) in [5, 5.41) is 0. The van der Waals surface area contributed by atoms with Crippen LogP contribution in [0.15, 0.2) is 52.4 Å². The highest BCUT2D eigenvalue weighted by atomic mass is 32.2. The second kappa shape index (κ2) is 11.8. The summed E-state index contributed by atoms with van der Waals surface area (Å²) in [6, 6.07) is 13.9. The summed E-state index contributed by atoms with van der Waals surface area (Å²) in [6.45, 7) is 2.98. The van der Waals surface area contributed by atoms with Gasteiger partial charge in [0.25, 0.3) is 0 Å². The molecule has 0 saturated carbocycles. The third-order valence-electron chi connectivity index (χ3n) is 3.85. The molecule has 0 fully saturated rings. The molecule has 2 aromatic rings. The minimum atomic E-state index is 0.187. The topological polar surface area (TPSA) is 40.0 Å². The molecule has 0 unspecified atom stereocenters. The zero-order valence-electron chi connectivity index (χ0n) is 16.1. The molecule has 0 aromatic heterocycles. The fourth-order valence-electron chi connectivity index (χ4n) is 2.64. The van der Waals surface area contributed by atoms with Crippen LogP contribution in [-0.2, 0) is 6.42 Å². The quantitative estimate of drug-likeness (QED) is 0.430. The van der Waals surface area contributed by atoms with E-state index in [2.05, 4.69) is 25.0 Å². The van der Waals surface area contributed by atoms with Gasteiger partial charge < -0.3 is 14.2 Å². The molecule has 1 atom stereocenters. The van der Waals surface area contributed by atoms with E-state index in [0.717, 1.165) is 34.3 Å². The summed E-state index contributed by atoms with van der Waals surface area (Å²) in [5.74, 6) is 3.23. The van der Waals surface area contributed by atoms with Crippen molar-refractivity contribution in [2.24, 2.45) is 4.99 Å². The van der Waals surface area contributed by atoms with Crippen LogP contribution < -0.4 is 14.2 Å². The van der Waals surface area contributed by atoms with E-state index in [-0.39, 0.29) is 6.04 Å². The lowest BCUT2D eigenvalue weighted by atomic mass is 10.1. The number of thioether (sulfide) groups is 1. The van der Waals surface area contributed by atoms with E-state index in [1.54, 1.807) is 18.9 Å². The fourth-order valence-corrected chi connectivity index (χ4v) is 3.57. The van der Waals surface area contributed by atoms with Crippen molar-refractivity contribution in [2.75, 3.05) is 32.3 Å². The smallest absolute Gasteiger partial charge is 0.161 e. The molecule has 0 heterocycles. The van der Waals surface area contributed by atoms with Gasteiger partial charge in [-0.3, -0.25) is 4.99 Å². The zero-order valence-corrected chi connectivity index (χ0v) is 17.8. The first kappa shape index (κ1) is 21.5. The van der Waals surface area contributed by atoms with Crippen molar-refractivity contribution in [1.82, 2.24) is 0 Å². The van der Waals surface area contributed by atoms with Gasteiger partial charge in [0.05, 0.1) is 19.8 Å². The molecular weight excluding hydrogens is 378 g/mol. The summed E-state index contributed by atoms with van der Waals surface area (Å²) in [6.07, 6.45) is 4.79. The average Bonchev–Trinajstić information content (AvgIpc) is 2.67. The number of aliphatic imine (C=N–C) groups is 1. The van der Waals surface area contributed by atoms with Crippen molar-refractivity contribution in [2.45, 2.75) is 24.3 Å². The van der Waals surface area contributed by atoms with Gasteiger partial charge in [0.2, 0.25) is 0 Å². The van der Waals surface area contributed by atoms with Crippen molar-refractivity contribution in [1.29, 1.82) is 0 Å². The molecule has 2 rings (SSSR count). The Balaban J connectivity index is 1.94. The first-order chi connectivity index (χ1) is 13.2. The molecule has 146 valence electrons. The SMILES string of the molecule is CCOc1ccccc1OC/C=N\[C@H](CSC)Cc1ccc(OC)c(S)c1. The standard InChI is InChI=1S/C21H27NO3S2/c1-4-24-18-7-5-6-8-19(18)25-12-11-22-17(15-27-3)13-16-9-10-20(23-2)21(26)14-16/h5-11,14,17,26H,4,12-13,15H2,1-3H3/b22-11-/t17-/m0/s1. The van der Waals surface area contributed by atoms with Gasteiger partial charge in [-0.05, 0) is 49.4 Å². The number of para-hydroxylation sites is 2. The predicted octanol–water partition coefficient (Wildman–Crippen LogP) is 4.81. The van der Waals surface area contributed by atoms with Crippen molar-refractivity contribution < 1.29 is 14.2 Å². The first-order valence-corrected chi connectivity index (χ1v) is 10.7. The maximum Gasteiger partial charge on any atom is 0.161 e. The summed E-state index contributed by atoms with van der Waals surface area (Å²) >= 11 is 6.26. The highest BCUT2D eigenvalue weighted by Crippen LogP contribution is 2.26. The van der Waals surface area contributed by atoms with Crippen molar-refractivity contribution in [3.8, 4) is 17.2 Å². The van der Waals surface area contributed by atoms with Crippen molar-refractivity contribution >= 4 is 30.6 Å². The molecule has 6 heteroatoms. The molecule has 27 heavy (non-hydrogen) atoms. The molecule has 2 aromatic carbocycles. The second-order valence-corrected chi connectivity index (χ2v) is 7.23. The maximum atomic E-state index is 5.81. The van der Waals surface area contributed by atoms with Gasteiger partial charge in [0.15, 0.2) is 11.5 Å². The van der Waals surface area contributed by atoms with Crippen LogP contribution in [0, 0.1) is 0 Å². The van der Waals surface area contributed by atoms with Gasteiger partial charge >= 0.3 is 0 Å². The van der Waals surface area contributed by atoms with Gasteiger partial charge in [0.1, 0.15) is 12.4 Å². The number of benzene rings is 2. The normalized spacial score (nSPS) is 12.1. The van der Waals surface area contributed by atoms with E-state index in [1.165, 1.54) is 5.56 Å². The second-order valence-electron chi connectivity index (χ2n) is 5.84. The Kier molecular flexibility index (Phi) is 9.42. The number of thiol groups is 1. The lowest BCUT2D eigenvalue weighted by Crippen LogP contribution is -2.13. The lowest BCUT2D eigenvalue weighted by Gasteiger charge is -2.13. The van der Waals surface area contributed by atoms with Gasteiger partial charge in [0, 0.05) is 16.9 Å². The van der Waals surface area contributed by atoms with Crippen LogP contribution in [0.3, 0.4) is 0 Å². The molecule has 0 amide bonds. The zero-order chi connectivity index (χ0) is 19.5. The molecule has 0 aliphatic rings. The summed E-state index contributed by atoms with van der Waals surface area (Å²) in [7, 11) is 1.65. The molecule has 0 radical (unpaired) electrons. The molecule has 0 aliphatic carbocycles. The molecular formula is C21H27NO3S2. The lowest BCUT2D eigenvalue weighted by molar-refractivity contribution is 0.302. The van der Waals surface area contributed by atoms with Crippen LogP contribution in [0.5, 0.6) is 17.2 Å². The highest BCUT2D eigenvalue weighted by molar-refractivity contribution is 7.98. The maximum absolute atomic E-state index is 5.81. The Hall–Kier alpha value is -1.79. The van der Waals surface area contributed by atoms with Crippen LogP contribution in [0.25, 0.3) is 0 Å². The van der Waals surface area contributed by atoms with E-state index in [1.807, 2.05) is 49.5 Å². The van der Waals surface area contributed by atoms with Crippen LogP contribution in [0.2, 0.25) is 0 Å². The minimum absolute atomic E-state index is 0.187. The van der Waals surface area contributed by atoms with Crippen LogP contribution >= 0.6 is 24.4 Å². The Labute approximate surface area is 171 Å². The monoisotopic (exact) mass is 405 g/mol. The van der Waals surface area contributed by atoms with E-state index in [9.17, 15) is 0 Å². The van der Waals surface area contributed by atoms with Gasteiger partial charge in [-0.15, -0.1) is 12.6 Å². The third kappa shape index (κ3) is 7.03. The fraction of sp³-hybridized carbons (Fsp3) is 0.381. The Bertz CT molecular complexity index is 737. The molecule has 0 aliphatic heterocycles. The summed E-state index contributed by atoms with van der Waals surface area (Å²) < 4.78 is 16.6. The minimum Gasteiger partial charge on any atom is -0.496 e. The number of hydrogen-bond donors (Lipinski definition) is 1. The molecule has 0 saturated heterocycles. The largest absolute Gasteiger partial charge is 0.496 e. The number of rotatable bonds is 11. The first-order valence-electron chi connectivity index (χ1n) is 8.89. The third-order valence-corrected chi connectivity index (χ3v) is 4.92. The van der Waals surface area contributed by atoms with Gasteiger partial charge in [-0.2, -0.15) is 11.8 Å². The molecule has 0 N–H and O–H groups in total. The van der Waals surface area contributed by atoms with Gasteiger partial charge in [-0.25, -0.2) is 0 Å². The van der Waals surface area contributed by atoms with E-state index < -0.39 is 0 Å². The molecule has 4 nitrogen and oxygen atoms in total. The molecule has 0 spiro atoms. The predicted molar refractivity (Wildman–Crippen MR) is 118 cm³/mol. The van der Waals surface area contributed by atoms with Crippen molar-refractivity contribution in [3.05, 3.63) is 48.0 Å². The average molecular weight is 406 g/mol. The number of ether oxygens (including phenoxy) is 3. The Morgan fingerprint density at radius 3 is 2.48 bits per heavy atom. The Morgan fingerprint density at radius 2 is 1.85 bits per heavy atom. The van der Waals surface area contributed by atoms with E-state index in [4.69, 9.17) is 19.2 Å². The number of methoxy groups -OCH3 is 1. The Morgan fingerprint density at radius 1 is 1.11 bits per heavy atom. The van der Waals surface area contributed by atoms with Gasteiger partial charge in [-0.1, -0.05) is 18.2 Å². The van der Waals surface area contributed by atoms with Crippen LogP contribution in [0.1, 0.15) is 12.5 Å². The van der Waals surface area contributed by atoms with Crippen molar-refractivity contribution in [3.63, 3.8) is 0 Å². The van der Waals surface area contributed by atoms with Crippen LogP contribution in [0.4, 0.5) is 0 Å². The molecule has 0 bridgehead atoms. The summed E-state index contributed by atoms with van der Waals surface area (Å²) in [4.78, 5) is 5.55. The number of hydrogen-bond acceptors (Lipinski definition) is 6. The summed E-state index contributed by atoms with van der Waals surface area (Å²) in [5.41, 5.74) is 1.19.